The van der Waals surface area contributed by atoms with Crippen molar-refractivity contribution in [1.29, 1.82) is 0 Å². The van der Waals surface area contributed by atoms with Crippen LogP contribution in [0, 0.1) is 5.92 Å². The van der Waals surface area contributed by atoms with Crippen molar-refractivity contribution in [2.24, 2.45) is 5.92 Å². The highest BCUT2D eigenvalue weighted by molar-refractivity contribution is 6.05. The standard InChI is InChI=1S/C18H14O/c19-18-16(11-10-14-6-2-1-3-7-14)13-12-15-8-4-5-9-17(15)18/h1-13,16H. The van der Waals surface area contributed by atoms with E-state index < -0.39 is 0 Å². The van der Waals surface area contributed by atoms with Crippen LogP contribution in [0.15, 0.2) is 66.7 Å². The van der Waals surface area contributed by atoms with E-state index in [4.69, 9.17) is 0 Å². The first-order valence-electron chi connectivity index (χ1n) is 6.39. The Morgan fingerprint density at radius 2 is 1.63 bits per heavy atom. The number of benzene rings is 2. The Labute approximate surface area is 112 Å². The molecule has 0 fully saturated rings. The second-order valence-electron chi connectivity index (χ2n) is 4.61. The molecule has 1 aliphatic carbocycles. The maximum atomic E-state index is 12.3. The summed E-state index contributed by atoms with van der Waals surface area (Å²) in [6.45, 7) is 0. The predicted octanol–water partition coefficient (Wildman–Crippen LogP) is 4.23. The summed E-state index contributed by atoms with van der Waals surface area (Å²) in [5.41, 5.74) is 2.94. The molecule has 0 aromatic heterocycles. The summed E-state index contributed by atoms with van der Waals surface area (Å²) in [7, 11) is 0. The van der Waals surface area contributed by atoms with E-state index in [1.54, 1.807) is 0 Å². The van der Waals surface area contributed by atoms with Crippen LogP contribution in [0.5, 0.6) is 0 Å². The van der Waals surface area contributed by atoms with Gasteiger partial charge in [-0.3, -0.25) is 4.79 Å². The van der Waals surface area contributed by atoms with Crippen LogP contribution < -0.4 is 0 Å². The lowest BCUT2D eigenvalue weighted by atomic mass is 9.88. The van der Waals surface area contributed by atoms with Gasteiger partial charge in [0.15, 0.2) is 5.78 Å². The second kappa shape index (κ2) is 5.07. The maximum absolute atomic E-state index is 12.3. The van der Waals surface area contributed by atoms with Gasteiger partial charge in [-0.2, -0.15) is 0 Å². The molecule has 1 heteroatoms. The summed E-state index contributed by atoms with van der Waals surface area (Å²) in [6, 6.07) is 17.8. The van der Waals surface area contributed by atoms with Crippen molar-refractivity contribution in [3.8, 4) is 0 Å². The Hall–Kier alpha value is -2.41. The molecule has 0 aliphatic heterocycles. The SMILES string of the molecule is O=C1c2ccccc2C=CC1C=Cc1ccccc1. The average Bonchev–Trinajstić information content (AvgIpc) is 2.48. The van der Waals surface area contributed by atoms with E-state index >= 15 is 0 Å². The van der Waals surface area contributed by atoms with Gasteiger partial charge in [0.1, 0.15) is 0 Å². The molecule has 0 bridgehead atoms. The highest BCUT2D eigenvalue weighted by atomic mass is 16.1. The van der Waals surface area contributed by atoms with Crippen molar-refractivity contribution in [3.05, 3.63) is 83.4 Å². The van der Waals surface area contributed by atoms with Gasteiger partial charge >= 0.3 is 0 Å². The van der Waals surface area contributed by atoms with E-state index in [1.807, 2.05) is 78.9 Å². The van der Waals surface area contributed by atoms with Gasteiger partial charge in [-0.1, -0.05) is 78.9 Å². The summed E-state index contributed by atoms with van der Waals surface area (Å²) in [6.07, 6.45) is 7.95. The maximum Gasteiger partial charge on any atom is 0.174 e. The first kappa shape index (κ1) is 11.7. The first-order chi connectivity index (χ1) is 9.34. The minimum atomic E-state index is -0.157. The first-order valence-corrected chi connectivity index (χ1v) is 6.39. The molecule has 92 valence electrons. The molecule has 2 aromatic rings. The Kier molecular flexibility index (Phi) is 3.11. The number of hydrogen-bond acceptors (Lipinski definition) is 1. The van der Waals surface area contributed by atoms with Crippen molar-refractivity contribution >= 4 is 17.9 Å². The Balaban J connectivity index is 1.86. The number of carbonyl (C=O) groups is 1. The molecule has 0 saturated carbocycles. The van der Waals surface area contributed by atoms with Gasteiger partial charge in [0.2, 0.25) is 0 Å². The molecule has 0 saturated heterocycles. The van der Waals surface area contributed by atoms with Crippen molar-refractivity contribution in [2.45, 2.75) is 0 Å². The third-order valence-corrected chi connectivity index (χ3v) is 3.31. The van der Waals surface area contributed by atoms with Crippen molar-refractivity contribution in [3.63, 3.8) is 0 Å². The molecule has 2 aromatic carbocycles. The minimum Gasteiger partial charge on any atom is -0.293 e. The average molecular weight is 246 g/mol. The zero-order chi connectivity index (χ0) is 13.1. The van der Waals surface area contributed by atoms with Crippen LogP contribution in [-0.2, 0) is 0 Å². The van der Waals surface area contributed by atoms with E-state index in [-0.39, 0.29) is 11.7 Å². The van der Waals surface area contributed by atoms with Crippen LogP contribution in [0.2, 0.25) is 0 Å². The van der Waals surface area contributed by atoms with Gasteiger partial charge < -0.3 is 0 Å². The fourth-order valence-electron chi connectivity index (χ4n) is 2.27. The summed E-state index contributed by atoms with van der Waals surface area (Å²) in [5.74, 6) is 0.0142. The van der Waals surface area contributed by atoms with Crippen LogP contribution in [-0.4, -0.2) is 5.78 Å². The molecule has 0 heterocycles. The largest absolute Gasteiger partial charge is 0.293 e. The summed E-state index contributed by atoms with van der Waals surface area (Å²) in [5, 5.41) is 0. The second-order valence-corrected chi connectivity index (χ2v) is 4.61. The molecular weight excluding hydrogens is 232 g/mol. The Morgan fingerprint density at radius 3 is 2.47 bits per heavy atom. The van der Waals surface area contributed by atoms with Gasteiger partial charge in [0.25, 0.3) is 0 Å². The van der Waals surface area contributed by atoms with Crippen molar-refractivity contribution < 1.29 is 4.79 Å². The molecule has 1 nitrogen and oxygen atoms in total. The number of carbonyl (C=O) groups excluding carboxylic acids is 1. The summed E-state index contributed by atoms with van der Waals surface area (Å²) in [4.78, 5) is 12.3. The zero-order valence-electron chi connectivity index (χ0n) is 10.5. The molecule has 0 spiro atoms. The number of rotatable bonds is 2. The minimum absolute atomic E-state index is 0.157. The third kappa shape index (κ3) is 2.41. The lowest BCUT2D eigenvalue weighted by molar-refractivity contribution is 0.0964. The highest BCUT2D eigenvalue weighted by Crippen LogP contribution is 2.24. The van der Waals surface area contributed by atoms with Gasteiger partial charge in [0.05, 0.1) is 5.92 Å². The topological polar surface area (TPSA) is 17.1 Å². The molecule has 0 radical (unpaired) electrons. The predicted molar refractivity (Wildman–Crippen MR) is 78.8 cm³/mol. The van der Waals surface area contributed by atoms with E-state index in [0.717, 1.165) is 16.7 Å². The smallest absolute Gasteiger partial charge is 0.174 e. The lowest BCUT2D eigenvalue weighted by Gasteiger charge is -2.14. The van der Waals surface area contributed by atoms with Gasteiger partial charge in [-0.15, -0.1) is 0 Å². The normalized spacial score (nSPS) is 17.7. The van der Waals surface area contributed by atoms with Crippen molar-refractivity contribution in [1.82, 2.24) is 0 Å². The number of allylic oxidation sites excluding steroid dienone is 2. The molecule has 1 atom stereocenters. The molecule has 19 heavy (non-hydrogen) atoms. The van der Waals surface area contributed by atoms with E-state index in [0.29, 0.717) is 0 Å². The molecular formula is C18H14O. The Morgan fingerprint density at radius 1 is 0.895 bits per heavy atom. The quantitative estimate of drug-likeness (QED) is 0.775. The molecule has 1 unspecified atom stereocenters. The molecule has 0 amide bonds. The van der Waals surface area contributed by atoms with Crippen LogP contribution in [0.3, 0.4) is 0 Å². The monoisotopic (exact) mass is 246 g/mol. The molecule has 0 N–H and O–H groups in total. The van der Waals surface area contributed by atoms with E-state index in [1.165, 1.54) is 0 Å². The van der Waals surface area contributed by atoms with Crippen molar-refractivity contribution in [2.75, 3.05) is 0 Å². The van der Waals surface area contributed by atoms with Gasteiger partial charge in [-0.25, -0.2) is 0 Å². The zero-order valence-corrected chi connectivity index (χ0v) is 10.5. The van der Waals surface area contributed by atoms with Crippen LogP contribution in [0.4, 0.5) is 0 Å². The number of hydrogen-bond donors (Lipinski definition) is 0. The van der Waals surface area contributed by atoms with Gasteiger partial charge in [-0.05, 0) is 11.1 Å². The van der Waals surface area contributed by atoms with Crippen LogP contribution >= 0.6 is 0 Å². The lowest BCUT2D eigenvalue weighted by Crippen LogP contribution is -2.14. The Bertz CT molecular complexity index is 650. The number of fused-ring (bicyclic) bond motifs is 1. The van der Waals surface area contributed by atoms with E-state index in [9.17, 15) is 4.79 Å². The van der Waals surface area contributed by atoms with E-state index in [2.05, 4.69) is 0 Å². The van der Waals surface area contributed by atoms with Crippen LogP contribution in [0.1, 0.15) is 21.5 Å². The fraction of sp³-hybridized carbons (Fsp3) is 0.0556. The van der Waals surface area contributed by atoms with Gasteiger partial charge in [0, 0.05) is 5.56 Å². The van der Waals surface area contributed by atoms with Crippen LogP contribution in [0.25, 0.3) is 12.2 Å². The fourth-order valence-corrected chi connectivity index (χ4v) is 2.27. The summed E-state index contributed by atoms with van der Waals surface area (Å²) >= 11 is 0. The number of ketones is 1. The molecule has 1 aliphatic rings. The third-order valence-electron chi connectivity index (χ3n) is 3.31. The molecule has 3 rings (SSSR count). The highest BCUT2D eigenvalue weighted by Gasteiger charge is 2.20. The summed E-state index contributed by atoms with van der Waals surface area (Å²) < 4.78 is 0. The number of Topliss-reactive ketones (excluding diaryl/α,β-unsaturated/α-hetero) is 1.